The summed E-state index contributed by atoms with van der Waals surface area (Å²) in [6.45, 7) is 2.92. The van der Waals surface area contributed by atoms with Crippen LogP contribution in [0.1, 0.15) is 12.5 Å². The molecule has 0 saturated carbocycles. The molecular weight excluding hydrogens is 372 g/mol. The lowest BCUT2D eigenvalue weighted by Crippen LogP contribution is -2.12. The van der Waals surface area contributed by atoms with Gasteiger partial charge in [0.15, 0.2) is 5.65 Å². The summed E-state index contributed by atoms with van der Waals surface area (Å²) in [5, 5.41) is 22.2. The third kappa shape index (κ3) is 4.32. The molecule has 0 aliphatic heterocycles. The largest absolute Gasteiger partial charge is 0.461 e. The van der Waals surface area contributed by atoms with Gasteiger partial charge in [0.05, 0.1) is 23.1 Å². The number of rotatable bonds is 8. The Bertz CT molecular complexity index is 1030. The smallest absolute Gasteiger partial charge is 0.320 e. The molecule has 2 aromatic heterocycles. The molecule has 0 atom stereocenters. The van der Waals surface area contributed by atoms with E-state index < -0.39 is 10.0 Å². The van der Waals surface area contributed by atoms with Crippen molar-refractivity contribution in [1.82, 2.24) is 19.7 Å². The fourth-order valence-corrected chi connectivity index (χ4v) is 3.00. The summed E-state index contributed by atoms with van der Waals surface area (Å²) in [5.74, 6) is 0.531. The molecule has 2 heterocycles. The molecule has 144 valence electrons. The molecule has 3 rings (SSSR count). The topological polar surface area (TPSA) is 145 Å². The van der Waals surface area contributed by atoms with Gasteiger partial charge in [-0.25, -0.2) is 18.2 Å². The average Bonchev–Trinajstić information content (AvgIpc) is 3.07. The Balaban J connectivity index is 1.86. The summed E-state index contributed by atoms with van der Waals surface area (Å²) < 4.78 is 29.7. The van der Waals surface area contributed by atoms with Crippen molar-refractivity contribution in [3.05, 3.63) is 36.0 Å². The Labute approximate surface area is 156 Å². The van der Waals surface area contributed by atoms with Crippen molar-refractivity contribution in [2.75, 3.05) is 18.5 Å². The predicted molar refractivity (Wildman–Crippen MR) is 98.7 cm³/mol. The van der Waals surface area contributed by atoms with Gasteiger partial charge in [0.25, 0.3) is 0 Å². The Kier molecular flexibility index (Phi) is 5.54. The first-order valence-electron chi connectivity index (χ1n) is 8.25. The van der Waals surface area contributed by atoms with Gasteiger partial charge >= 0.3 is 6.01 Å². The third-order valence-corrected chi connectivity index (χ3v) is 4.74. The highest BCUT2D eigenvalue weighted by Crippen LogP contribution is 2.23. The molecule has 0 aliphatic carbocycles. The van der Waals surface area contributed by atoms with Gasteiger partial charge in [-0.05, 0) is 24.6 Å². The quantitative estimate of drug-likeness (QED) is 0.502. The summed E-state index contributed by atoms with van der Waals surface area (Å²) in [6.07, 6.45) is 1.67. The maximum atomic E-state index is 11.3. The Morgan fingerprint density at radius 3 is 2.63 bits per heavy atom. The van der Waals surface area contributed by atoms with Gasteiger partial charge in [0, 0.05) is 13.1 Å². The molecule has 11 heteroatoms. The monoisotopic (exact) mass is 392 g/mol. The first-order valence-corrected chi connectivity index (χ1v) is 9.80. The normalized spacial score (nSPS) is 11.7. The average molecular weight is 392 g/mol. The number of aliphatic hydroxyl groups excluding tert-OH is 1. The van der Waals surface area contributed by atoms with Crippen LogP contribution in [0.4, 0.5) is 5.82 Å². The van der Waals surface area contributed by atoms with Crippen LogP contribution in [0.25, 0.3) is 11.0 Å². The van der Waals surface area contributed by atoms with Crippen molar-refractivity contribution < 1.29 is 18.3 Å². The van der Waals surface area contributed by atoms with E-state index in [0.29, 0.717) is 24.6 Å². The summed E-state index contributed by atoms with van der Waals surface area (Å²) in [4.78, 5) is 8.72. The number of aryl methyl sites for hydroxylation is 1. The van der Waals surface area contributed by atoms with E-state index in [-0.39, 0.29) is 24.1 Å². The van der Waals surface area contributed by atoms with Gasteiger partial charge in [-0.3, -0.25) is 0 Å². The molecule has 27 heavy (non-hydrogen) atoms. The van der Waals surface area contributed by atoms with Gasteiger partial charge in [-0.15, -0.1) is 0 Å². The van der Waals surface area contributed by atoms with Gasteiger partial charge < -0.3 is 15.2 Å². The number of nitrogens with zero attached hydrogens (tertiary/aromatic N) is 4. The van der Waals surface area contributed by atoms with Gasteiger partial charge in [0.2, 0.25) is 10.0 Å². The second-order valence-electron chi connectivity index (χ2n) is 5.67. The molecular formula is C16H20N6O4S. The second-order valence-corrected chi connectivity index (χ2v) is 7.23. The van der Waals surface area contributed by atoms with Crippen LogP contribution in [0.15, 0.2) is 35.4 Å². The number of sulfonamides is 1. The number of aliphatic hydroxyl groups is 1. The van der Waals surface area contributed by atoms with Crippen molar-refractivity contribution in [2.45, 2.75) is 24.9 Å². The lowest BCUT2D eigenvalue weighted by molar-refractivity contribution is 0.192. The molecule has 4 N–H and O–H groups in total. The number of hydrogen-bond donors (Lipinski definition) is 3. The van der Waals surface area contributed by atoms with Crippen LogP contribution < -0.4 is 15.2 Å². The molecule has 0 unspecified atom stereocenters. The highest BCUT2D eigenvalue weighted by Gasteiger charge is 2.13. The molecule has 0 fully saturated rings. The fraction of sp³-hybridized carbons (Fsp3) is 0.312. The lowest BCUT2D eigenvalue weighted by Gasteiger charge is -2.10. The van der Waals surface area contributed by atoms with Crippen molar-refractivity contribution >= 4 is 26.9 Å². The minimum atomic E-state index is -3.72. The maximum Gasteiger partial charge on any atom is 0.320 e. The van der Waals surface area contributed by atoms with E-state index in [1.807, 2.05) is 6.92 Å². The number of fused-ring (bicyclic) bond motifs is 1. The van der Waals surface area contributed by atoms with Gasteiger partial charge in [0.1, 0.15) is 12.4 Å². The van der Waals surface area contributed by atoms with E-state index in [1.54, 1.807) is 23.0 Å². The van der Waals surface area contributed by atoms with Crippen LogP contribution in [0.5, 0.6) is 6.01 Å². The van der Waals surface area contributed by atoms with Crippen molar-refractivity contribution in [2.24, 2.45) is 5.14 Å². The molecule has 0 spiro atoms. The van der Waals surface area contributed by atoms with E-state index in [0.717, 1.165) is 10.9 Å². The standard InChI is InChI=1S/C16H20N6O4S/c1-2-22-15-13(10-19-22)14(20-16(21-15)26-8-7-23)18-9-11-3-5-12(6-4-11)27(17,24)25/h3-6,10,23H,2,7-9H2,1H3,(H2,17,24,25)(H,18,20,21). The molecule has 0 bridgehead atoms. The van der Waals surface area contributed by atoms with E-state index in [9.17, 15) is 8.42 Å². The van der Waals surface area contributed by atoms with Crippen molar-refractivity contribution in [3.8, 4) is 6.01 Å². The van der Waals surface area contributed by atoms with Gasteiger partial charge in [-0.2, -0.15) is 15.1 Å². The molecule has 3 aromatic rings. The number of aromatic nitrogens is 4. The number of nitrogens with one attached hydrogen (secondary N) is 1. The van der Waals surface area contributed by atoms with E-state index >= 15 is 0 Å². The Morgan fingerprint density at radius 1 is 1.26 bits per heavy atom. The van der Waals surface area contributed by atoms with Crippen LogP contribution in [0.3, 0.4) is 0 Å². The zero-order valence-electron chi connectivity index (χ0n) is 14.7. The summed E-state index contributed by atoms with van der Waals surface area (Å²) in [7, 11) is -3.72. The summed E-state index contributed by atoms with van der Waals surface area (Å²) in [5.41, 5.74) is 1.46. The number of primary sulfonamides is 1. The first kappa shape index (κ1) is 19.0. The first-order chi connectivity index (χ1) is 12.9. The number of hydrogen-bond acceptors (Lipinski definition) is 8. The highest BCUT2D eigenvalue weighted by molar-refractivity contribution is 7.89. The molecule has 0 saturated heterocycles. The minimum absolute atomic E-state index is 0.0552. The minimum Gasteiger partial charge on any atom is -0.461 e. The summed E-state index contributed by atoms with van der Waals surface area (Å²) in [6, 6.07) is 6.38. The van der Waals surface area contributed by atoms with E-state index in [4.69, 9.17) is 15.0 Å². The van der Waals surface area contributed by atoms with E-state index in [2.05, 4.69) is 20.4 Å². The molecule has 0 radical (unpaired) electrons. The number of anilines is 1. The van der Waals surface area contributed by atoms with E-state index in [1.165, 1.54) is 12.1 Å². The molecule has 0 amide bonds. The molecule has 1 aromatic carbocycles. The van der Waals surface area contributed by atoms with Crippen LogP contribution >= 0.6 is 0 Å². The zero-order chi connectivity index (χ0) is 19.4. The van der Waals surface area contributed by atoms with Crippen LogP contribution in [-0.4, -0.2) is 46.5 Å². The van der Waals surface area contributed by atoms with Crippen molar-refractivity contribution in [1.29, 1.82) is 0 Å². The summed E-state index contributed by atoms with van der Waals surface area (Å²) >= 11 is 0. The van der Waals surface area contributed by atoms with Gasteiger partial charge in [-0.1, -0.05) is 12.1 Å². The fourth-order valence-electron chi connectivity index (χ4n) is 2.49. The molecule has 10 nitrogen and oxygen atoms in total. The number of benzene rings is 1. The second kappa shape index (κ2) is 7.86. The maximum absolute atomic E-state index is 11.3. The predicted octanol–water partition coefficient (Wildman–Crippen LogP) is 0.477. The van der Waals surface area contributed by atoms with Crippen LogP contribution in [0.2, 0.25) is 0 Å². The number of ether oxygens (including phenoxy) is 1. The Morgan fingerprint density at radius 2 is 2.00 bits per heavy atom. The van der Waals surface area contributed by atoms with Crippen LogP contribution in [0, 0.1) is 0 Å². The zero-order valence-corrected chi connectivity index (χ0v) is 15.5. The van der Waals surface area contributed by atoms with Crippen LogP contribution in [-0.2, 0) is 23.1 Å². The number of nitrogens with two attached hydrogens (primary N) is 1. The lowest BCUT2D eigenvalue weighted by atomic mass is 10.2. The third-order valence-electron chi connectivity index (χ3n) is 3.81. The van der Waals surface area contributed by atoms with Crippen molar-refractivity contribution in [3.63, 3.8) is 0 Å². The highest BCUT2D eigenvalue weighted by atomic mass is 32.2. The molecule has 0 aliphatic rings. The Hall–Kier alpha value is -2.76. The SMILES string of the molecule is CCn1ncc2c(NCc3ccc(S(N)(=O)=O)cc3)nc(OCCO)nc21.